The Kier molecular flexibility index (Phi) is 5.98. The summed E-state index contributed by atoms with van der Waals surface area (Å²) in [7, 11) is -3.51. The summed E-state index contributed by atoms with van der Waals surface area (Å²) in [5.74, 6) is -0.298. The molecule has 3 aromatic rings. The number of fused-ring (bicyclic) bond motifs is 1. The maximum Gasteiger partial charge on any atom is 0.235 e. The highest BCUT2D eigenvalue weighted by atomic mass is 35.5. The van der Waals surface area contributed by atoms with E-state index in [4.69, 9.17) is 23.2 Å². The van der Waals surface area contributed by atoms with E-state index < -0.39 is 15.8 Å². The van der Waals surface area contributed by atoms with Gasteiger partial charge in [0.15, 0.2) is 5.82 Å². The van der Waals surface area contributed by atoms with Crippen molar-refractivity contribution >= 4 is 61.2 Å². The van der Waals surface area contributed by atoms with Gasteiger partial charge in [-0.05, 0) is 41.8 Å². The van der Waals surface area contributed by atoms with Crippen molar-refractivity contribution in [2.24, 2.45) is 0 Å². The van der Waals surface area contributed by atoms with Crippen LogP contribution in [0.1, 0.15) is 12.0 Å². The van der Waals surface area contributed by atoms with Crippen LogP contribution in [-0.2, 0) is 10.0 Å². The number of benzene rings is 2. The molecular formula is C21H17Cl2FN4O2S. The molecule has 4 rings (SSSR count). The number of nitrogens with one attached hydrogen (secondary N) is 1. The Hall–Kier alpha value is -2.52. The summed E-state index contributed by atoms with van der Waals surface area (Å²) in [5.41, 5.74) is 2.45. The first-order valence-corrected chi connectivity index (χ1v) is 11.5. The summed E-state index contributed by atoms with van der Waals surface area (Å²) < 4.78 is 40.2. The third-order valence-corrected chi connectivity index (χ3v) is 7.21. The van der Waals surface area contributed by atoms with Crippen molar-refractivity contribution in [2.45, 2.75) is 6.42 Å². The SMILES string of the molecule is C=CS(=O)(=O)N1CCC=C(c2ccc3ncnc(Nc4ccc(Cl)c(Cl)c4F)c3c2)C1. The van der Waals surface area contributed by atoms with Gasteiger partial charge in [0, 0.05) is 23.9 Å². The molecule has 2 aromatic carbocycles. The molecular weight excluding hydrogens is 462 g/mol. The molecule has 6 nitrogen and oxygen atoms in total. The number of rotatable bonds is 5. The van der Waals surface area contributed by atoms with Crippen LogP contribution in [0.25, 0.3) is 16.5 Å². The van der Waals surface area contributed by atoms with Crippen molar-refractivity contribution in [3.8, 4) is 0 Å². The molecule has 1 aromatic heterocycles. The highest BCUT2D eigenvalue weighted by Gasteiger charge is 2.23. The Morgan fingerprint density at radius 1 is 1.19 bits per heavy atom. The smallest absolute Gasteiger partial charge is 0.235 e. The predicted octanol–water partition coefficient (Wildman–Crippen LogP) is 5.38. The van der Waals surface area contributed by atoms with Crippen LogP contribution in [0.5, 0.6) is 0 Å². The van der Waals surface area contributed by atoms with Crippen molar-refractivity contribution in [3.05, 3.63) is 76.1 Å². The summed E-state index contributed by atoms with van der Waals surface area (Å²) in [6.07, 6.45) is 3.97. The fraction of sp³-hybridized carbons (Fsp3) is 0.143. The molecule has 0 bridgehead atoms. The van der Waals surface area contributed by atoms with Crippen LogP contribution in [0.15, 0.2) is 54.7 Å². The minimum absolute atomic E-state index is 0.114. The van der Waals surface area contributed by atoms with Gasteiger partial charge in [0.25, 0.3) is 0 Å². The van der Waals surface area contributed by atoms with E-state index in [1.54, 1.807) is 0 Å². The molecule has 1 aliphatic rings. The Morgan fingerprint density at radius 3 is 2.77 bits per heavy atom. The molecule has 0 radical (unpaired) electrons. The molecule has 0 saturated heterocycles. The zero-order valence-electron chi connectivity index (χ0n) is 16.1. The topological polar surface area (TPSA) is 75.2 Å². The van der Waals surface area contributed by atoms with Crippen LogP contribution in [0, 0.1) is 5.82 Å². The average molecular weight is 479 g/mol. The zero-order valence-corrected chi connectivity index (χ0v) is 18.5. The molecule has 0 spiro atoms. The van der Waals surface area contributed by atoms with E-state index in [9.17, 15) is 12.8 Å². The number of sulfonamides is 1. The Balaban J connectivity index is 1.72. The summed E-state index contributed by atoms with van der Waals surface area (Å²) in [6, 6.07) is 8.50. The number of hydrogen-bond acceptors (Lipinski definition) is 5. The predicted molar refractivity (Wildman–Crippen MR) is 123 cm³/mol. The van der Waals surface area contributed by atoms with Crippen LogP contribution in [-0.4, -0.2) is 35.8 Å². The van der Waals surface area contributed by atoms with Gasteiger partial charge in [-0.2, -0.15) is 4.31 Å². The first-order chi connectivity index (χ1) is 14.8. The first-order valence-electron chi connectivity index (χ1n) is 9.27. The van der Waals surface area contributed by atoms with E-state index in [2.05, 4.69) is 21.9 Å². The molecule has 0 amide bonds. The molecule has 0 unspecified atom stereocenters. The first kappa shape index (κ1) is 21.7. The van der Waals surface area contributed by atoms with E-state index >= 15 is 0 Å². The lowest BCUT2D eigenvalue weighted by molar-refractivity contribution is 0.450. The van der Waals surface area contributed by atoms with Gasteiger partial charge in [-0.25, -0.2) is 22.8 Å². The van der Waals surface area contributed by atoms with E-state index in [-0.39, 0.29) is 22.3 Å². The second-order valence-corrected chi connectivity index (χ2v) is 9.53. The Morgan fingerprint density at radius 2 is 2.00 bits per heavy atom. The van der Waals surface area contributed by atoms with E-state index in [0.717, 1.165) is 16.5 Å². The Bertz CT molecular complexity index is 1330. The van der Waals surface area contributed by atoms with Gasteiger partial charge >= 0.3 is 0 Å². The van der Waals surface area contributed by atoms with Crippen molar-refractivity contribution < 1.29 is 12.8 Å². The van der Waals surface area contributed by atoms with Crippen LogP contribution in [0.4, 0.5) is 15.9 Å². The fourth-order valence-electron chi connectivity index (χ4n) is 3.35. The fourth-order valence-corrected chi connectivity index (χ4v) is 4.55. The van der Waals surface area contributed by atoms with Crippen LogP contribution >= 0.6 is 23.2 Å². The molecule has 1 N–H and O–H groups in total. The lowest BCUT2D eigenvalue weighted by Crippen LogP contribution is -2.33. The maximum atomic E-state index is 14.5. The third kappa shape index (κ3) is 4.29. The molecule has 0 saturated carbocycles. The van der Waals surface area contributed by atoms with E-state index in [1.807, 2.05) is 24.3 Å². The molecule has 0 fully saturated rings. The summed E-state index contributed by atoms with van der Waals surface area (Å²) in [5, 5.41) is 4.49. The average Bonchev–Trinajstić information content (AvgIpc) is 2.79. The highest BCUT2D eigenvalue weighted by molar-refractivity contribution is 7.92. The van der Waals surface area contributed by atoms with Crippen LogP contribution in [0.3, 0.4) is 0 Å². The summed E-state index contributed by atoms with van der Waals surface area (Å²) >= 11 is 11.8. The Labute approximate surface area is 189 Å². The van der Waals surface area contributed by atoms with Gasteiger partial charge in [0.1, 0.15) is 12.1 Å². The van der Waals surface area contributed by atoms with Gasteiger partial charge in [-0.3, -0.25) is 0 Å². The standard InChI is InChI=1S/C21H17Cl2FN4O2S/c1-2-31(29,30)28-9-3-4-14(11-28)13-5-7-17-15(10-13)21(26-12-25-17)27-18-8-6-16(22)19(23)20(18)24/h2,4-8,10,12H,1,3,9,11H2,(H,25,26,27). The number of aromatic nitrogens is 2. The second kappa shape index (κ2) is 8.55. The third-order valence-electron chi connectivity index (χ3n) is 4.98. The number of halogens is 3. The van der Waals surface area contributed by atoms with Crippen LogP contribution < -0.4 is 5.32 Å². The molecule has 1 aliphatic heterocycles. The van der Waals surface area contributed by atoms with E-state index in [0.29, 0.717) is 29.7 Å². The lowest BCUT2D eigenvalue weighted by atomic mass is 10.0. The monoisotopic (exact) mass is 478 g/mol. The lowest BCUT2D eigenvalue weighted by Gasteiger charge is -2.25. The molecule has 0 aliphatic carbocycles. The normalized spacial score (nSPS) is 15.0. The van der Waals surface area contributed by atoms with Crippen LogP contribution in [0.2, 0.25) is 10.0 Å². The zero-order chi connectivity index (χ0) is 22.2. The van der Waals surface area contributed by atoms with Gasteiger partial charge < -0.3 is 5.32 Å². The quantitative estimate of drug-likeness (QED) is 0.498. The van der Waals surface area contributed by atoms with Gasteiger partial charge in [-0.15, -0.1) is 0 Å². The van der Waals surface area contributed by atoms with Gasteiger partial charge in [-0.1, -0.05) is 41.9 Å². The van der Waals surface area contributed by atoms with E-state index in [1.165, 1.54) is 22.8 Å². The second-order valence-electron chi connectivity index (χ2n) is 6.87. The molecule has 0 atom stereocenters. The summed E-state index contributed by atoms with van der Waals surface area (Å²) in [6.45, 7) is 4.03. The molecule has 31 heavy (non-hydrogen) atoms. The number of hydrogen-bond donors (Lipinski definition) is 1. The summed E-state index contributed by atoms with van der Waals surface area (Å²) in [4.78, 5) is 8.51. The van der Waals surface area contributed by atoms with Crippen molar-refractivity contribution in [2.75, 3.05) is 18.4 Å². The minimum Gasteiger partial charge on any atom is -0.337 e. The number of nitrogens with zero attached hydrogens (tertiary/aromatic N) is 3. The maximum absolute atomic E-state index is 14.5. The van der Waals surface area contributed by atoms with Gasteiger partial charge in [0.05, 0.1) is 21.2 Å². The van der Waals surface area contributed by atoms with Gasteiger partial charge in [0.2, 0.25) is 10.0 Å². The van der Waals surface area contributed by atoms with Crippen molar-refractivity contribution in [3.63, 3.8) is 0 Å². The number of anilines is 2. The largest absolute Gasteiger partial charge is 0.337 e. The molecule has 2 heterocycles. The molecule has 160 valence electrons. The molecule has 10 heteroatoms. The van der Waals surface area contributed by atoms with Crippen molar-refractivity contribution in [1.29, 1.82) is 0 Å². The van der Waals surface area contributed by atoms with Crippen molar-refractivity contribution in [1.82, 2.24) is 14.3 Å². The highest BCUT2D eigenvalue weighted by Crippen LogP contribution is 2.33. The minimum atomic E-state index is -3.51.